The van der Waals surface area contributed by atoms with Gasteiger partial charge in [0.05, 0.1) is 18.9 Å². The third-order valence-corrected chi connectivity index (χ3v) is 6.41. The Labute approximate surface area is 210 Å². The van der Waals surface area contributed by atoms with Gasteiger partial charge in [-0.3, -0.25) is 9.59 Å². The Bertz CT molecular complexity index is 1210. The Balaban J connectivity index is 0.000000240. The van der Waals surface area contributed by atoms with E-state index in [0.29, 0.717) is 25.2 Å². The van der Waals surface area contributed by atoms with Crippen LogP contribution in [0.5, 0.6) is 0 Å². The molecule has 3 aliphatic heterocycles. The molecule has 2 aromatic carbocycles. The highest BCUT2D eigenvalue weighted by atomic mass is 19.4. The summed E-state index contributed by atoms with van der Waals surface area (Å²) in [5.41, 5.74) is 4.62. The number of anilines is 3. The van der Waals surface area contributed by atoms with Gasteiger partial charge in [-0.05, 0) is 42.8 Å². The number of Topliss-reactive ketones (excluding diaryl/α,β-unsaturated/α-hetero) is 2. The number of rotatable bonds is 3. The zero-order chi connectivity index (χ0) is 27.8. The lowest BCUT2D eigenvalue weighted by Gasteiger charge is -2.33. The molecule has 1 fully saturated rings. The zero-order valence-electron chi connectivity index (χ0n) is 19.5. The maximum absolute atomic E-state index is 14.0. The minimum Gasteiger partial charge on any atom is -0.375 e. The van der Waals surface area contributed by atoms with Crippen molar-refractivity contribution in [2.45, 2.75) is 37.3 Å². The first-order chi connectivity index (χ1) is 17.8. The molecular formula is C24H21F8N3O3. The van der Waals surface area contributed by atoms with E-state index in [9.17, 15) is 44.7 Å². The van der Waals surface area contributed by atoms with Crippen LogP contribution >= 0.6 is 0 Å². The maximum Gasteiger partial charge on any atom is 0.458 e. The van der Waals surface area contributed by atoms with Gasteiger partial charge >= 0.3 is 23.9 Å². The first-order valence-corrected chi connectivity index (χ1v) is 11.4. The molecule has 0 bridgehead atoms. The van der Waals surface area contributed by atoms with Crippen LogP contribution in [0.2, 0.25) is 0 Å². The number of hydrogen-bond donors (Lipinski definition) is 2. The van der Waals surface area contributed by atoms with Crippen LogP contribution in [0.25, 0.3) is 0 Å². The SMILES string of the molecule is Fc1ccc(F)c(Nc2cc3c4c(c2)[C@@H]2CNCC[C@@H]2N4CCOC3)c1.O=C(C(=O)C(F)(F)F)C(F)(F)F. The number of hydrogen-bond acceptors (Lipinski definition) is 6. The maximum atomic E-state index is 14.0. The van der Waals surface area contributed by atoms with Crippen molar-refractivity contribution in [1.29, 1.82) is 0 Å². The molecule has 2 N–H and O–H groups in total. The van der Waals surface area contributed by atoms with Crippen molar-refractivity contribution in [3.63, 3.8) is 0 Å². The molecule has 2 atom stereocenters. The number of ketones is 2. The fourth-order valence-electron chi connectivity index (χ4n) is 4.86. The topological polar surface area (TPSA) is 70.7 Å². The number of alkyl halides is 6. The van der Waals surface area contributed by atoms with E-state index in [-0.39, 0.29) is 5.69 Å². The third-order valence-electron chi connectivity index (χ3n) is 6.41. The highest BCUT2D eigenvalue weighted by molar-refractivity contribution is 6.41. The van der Waals surface area contributed by atoms with Crippen molar-refractivity contribution < 1.29 is 49.4 Å². The highest BCUT2D eigenvalue weighted by Crippen LogP contribution is 2.47. The van der Waals surface area contributed by atoms with Gasteiger partial charge in [0.25, 0.3) is 0 Å². The Hall–Kier alpha value is -3.26. The monoisotopic (exact) mass is 551 g/mol. The summed E-state index contributed by atoms with van der Waals surface area (Å²) in [6, 6.07) is 8.06. The second-order valence-electron chi connectivity index (χ2n) is 8.89. The third kappa shape index (κ3) is 5.75. The predicted molar refractivity (Wildman–Crippen MR) is 119 cm³/mol. The molecule has 0 amide bonds. The normalized spacial score (nSPS) is 20.5. The summed E-state index contributed by atoms with van der Waals surface area (Å²) in [5.74, 6) is -7.31. The Morgan fingerprint density at radius 1 is 1.00 bits per heavy atom. The number of benzene rings is 2. The van der Waals surface area contributed by atoms with Gasteiger partial charge in [-0.15, -0.1) is 0 Å². The lowest BCUT2D eigenvalue weighted by Crippen LogP contribution is -2.44. The molecule has 0 saturated carbocycles. The van der Waals surface area contributed by atoms with Crippen molar-refractivity contribution in [2.75, 3.05) is 36.5 Å². The van der Waals surface area contributed by atoms with Gasteiger partial charge in [-0.1, -0.05) is 0 Å². The fourth-order valence-corrected chi connectivity index (χ4v) is 4.86. The van der Waals surface area contributed by atoms with E-state index in [2.05, 4.69) is 21.6 Å². The number of piperidine rings is 1. The van der Waals surface area contributed by atoms with Gasteiger partial charge in [0.1, 0.15) is 11.6 Å². The van der Waals surface area contributed by atoms with Crippen molar-refractivity contribution in [3.8, 4) is 0 Å². The number of fused-ring (bicyclic) bond motifs is 3. The number of nitrogens with zero attached hydrogens (tertiary/aromatic N) is 1. The first-order valence-electron chi connectivity index (χ1n) is 11.4. The molecule has 0 aromatic heterocycles. The lowest BCUT2D eigenvalue weighted by atomic mass is 9.89. The molecule has 2 aromatic rings. The summed E-state index contributed by atoms with van der Waals surface area (Å²) in [5, 5.41) is 6.56. The summed E-state index contributed by atoms with van der Waals surface area (Å²) < 4.78 is 100. The zero-order valence-corrected chi connectivity index (χ0v) is 19.5. The van der Waals surface area contributed by atoms with Crippen LogP contribution in [-0.2, 0) is 20.9 Å². The number of ether oxygens (including phenoxy) is 1. The van der Waals surface area contributed by atoms with Crippen molar-refractivity contribution in [3.05, 3.63) is 53.1 Å². The second kappa shape index (κ2) is 10.5. The van der Waals surface area contributed by atoms with E-state index in [1.165, 1.54) is 17.3 Å². The van der Waals surface area contributed by atoms with E-state index in [1.54, 1.807) is 0 Å². The molecule has 0 aliphatic carbocycles. The van der Waals surface area contributed by atoms with Gasteiger partial charge in [-0.2, -0.15) is 26.3 Å². The van der Waals surface area contributed by atoms with Gasteiger partial charge < -0.3 is 20.3 Å². The summed E-state index contributed by atoms with van der Waals surface area (Å²) in [7, 11) is 0. The van der Waals surface area contributed by atoms with E-state index >= 15 is 0 Å². The lowest BCUT2D eigenvalue weighted by molar-refractivity contribution is -0.193. The quantitative estimate of drug-likeness (QED) is 0.424. The predicted octanol–water partition coefficient (Wildman–Crippen LogP) is 4.75. The minimum atomic E-state index is -5.77. The minimum absolute atomic E-state index is 0.153. The van der Waals surface area contributed by atoms with Crippen LogP contribution in [0, 0.1) is 11.6 Å². The summed E-state index contributed by atoms with van der Waals surface area (Å²) >= 11 is 0. The van der Waals surface area contributed by atoms with Gasteiger partial charge in [0.15, 0.2) is 0 Å². The standard InChI is InChI=1S/C20H21F2N3O.C4F6O2/c21-13-1-2-17(22)18(8-13)24-14-7-12-11-26-6-5-25-19-3-4-23-10-16(19)15(9-14)20(12)25;5-3(6,7)1(11)2(12)4(8,9)10/h1-2,7-9,16,19,23-24H,3-6,10-11H2;/t16-,19-;/m0./s1. The van der Waals surface area contributed by atoms with E-state index in [4.69, 9.17) is 4.74 Å². The van der Waals surface area contributed by atoms with Gasteiger partial charge in [-0.25, -0.2) is 8.78 Å². The van der Waals surface area contributed by atoms with Crippen LogP contribution in [-0.4, -0.2) is 56.2 Å². The van der Waals surface area contributed by atoms with Crippen molar-refractivity contribution in [2.24, 2.45) is 0 Å². The van der Waals surface area contributed by atoms with Crippen LogP contribution in [0.1, 0.15) is 23.5 Å². The molecule has 6 nitrogen and oxygen atoms in total. The Morgan fingerprint density at radius 3 is 2.34 bits per heavy atom. The van der Waals surface area contributed by atoms with Crippen LogP contribution in [0.4, 0.5) is 52.2 Å². The molecule has 206 valence electrons. The molecular weight excluding hydrogens is 530 g/mol. The second-order valence-corrected chi connectivity index (χ2v) is 8.89. The Morgan fingerprint density at radius 2 is 1.68 bits per heavy atom. The average Bonchev–Trinajstić information content (AvgIpc) is 3.00. The molecule has 3 heterocycles. The molecule has 0 unspecified atom stereocenters. The van der Waals surface area contributed by atoms with E-state index in [0.717, 1.165) is 49.4 Å². The van der Waals surface area contributed by atoms with Crippen LogP contribution in [0.15, 0.2) is 30.3 Å². The smallest absolute Gasteiger partial charge is 0.375 e. The number of carbonyl (C=O) groups excluding carboxylic acids is 2. The molecule has 38 heavy (non-hydrogen) atoms. The molecule has 0 radical (unpaired) electrons. The molecule has 3 aliphatic rings. The molecule has 1 saturated heterocycles. The first kappa shape index (κ1) is 27.8. The molecule has 0 spiro atoms. The van der Waals surface area contributed by atoms with Gasteiger partial charge in [0.2, 0.25) is 0 Å². The Kier molecular flexibility index (Phi) is 7.66. The molecule has 14 heteroatoms. The van der Waals surface area contributed by atoms with E-state index < -0.39 is 35.6 Å². The van der Waals surface area contributed by atoms with E-state index in [1.807, 2.05) is 6.07 Å². The summed E-state index contributed by atoms with van der Waals surface area (Å²) in [6.07, 6.45) is -10.4. The molecule has 5 rings (SSSR count). The number of carbonyl (C=O) groups is 2. The fraction of sp³-hybridized carbons (Fsp3) is 0.417. The van der Waals surface area contributed by atoms with Crippen LogP contribution < -0.4 is 15.5 Å². The average molecular weight is 551 g/mol. The summed E-state index contributed by atoms with van der Waals surface area (Å²) in [4.78, 5) is 21.7. The van der Waals surface area contributed by atoms with Gasteiger partial charge in [0, 0.05) is 48.1 Å². The van der Waals surface area contributed by atoms with Crippen LogP contribution in [0.3, 0.4) is 0 Å². The van der Waals surface area contributed by atoms with Crippen molar-refractivity contribution in [1.82, 2.24) is 5.32 Å². The van der Waals surface area contributed by atoms with Crippen molar-refractivity contribution >= 4 is 28.6 Å². The largest absolute Gasteiger partial charge is 0.458 e. The number of halogens is 8. The number of nitrogens with one attached hydrogen (secondary N) is 2. The summed E-state index contributed by atoms with van der Waals surface area (Å²) in [6.45, 7) is 4.15. The highest BCUT2D eigenvalue weighted by Gasteiger charge is 2.54.